The normalized spacial score (nSPS) is 20.9. The number of aliphatic hydroxyl groups is 2. The van der Waals surface area contributed by atoms with Gasteiger partial charge >= 0.3 is 0 Å². The van der Waals surface area contributed by atoms with Crippen LogP contribution in [0.25, 0.3) is 0 Å². The molecule has 1 aliphatic rings. The standard InChI is InChI=1S/C42H52O9/c1-23-19-29(11-15-33(23)45-7)39(43)27(5)49-35-17-13-31(21-37(35)47-9)41-25(3)26(4)42(51-41)32-14-18-36(38(22-32)48-10)50-28(6)40(44)30-12-16-34(46-8)24(2)20-30/h11-22,25-28,39-44H,1-10H3. The summed E-state index contributed by atoms with van der Waals surface area (Å²) in [6.45, 7) is 11.9. The van der Waals surface area contributed by atoms with Crippen molar-refractivity contribution in [3.8, 4) is 34.5 Å². The third-order valence-corrected chi connectivity index (χ3v) is 10.1. The molecule has 2 N–H and O–H groups in total. The van der Waals surface area contributed by atoms with E-state index in [1.807, 2.05) is 100 Å². The second-order valence-corrected chi connectivity index (χ2v) is 13.5. The van der Waals surface area contributed by atoms with Crippen LogP contribution in [0.15, 0.2) is 72.8 Å². The summed E-state index contributed by atoms with van der Waals surface area (Å²) in [4.78, 5) is 0. The molecule has 1 aliphatic heterocycles. The Bertz CT molecular complexity index is 1660. The highest BCUT2D eigenvalue weighted by Gasteiger charge is 2.41. The number of rotatable bonds is 14. The molecule has 0 spiro atoms. The molecule has 274 valence electrons. The Hall–Kier alpha value is -4.44. The molecule has 51 heavy (non-hydrogen) atoms. The van der Waals surface area contributed by atoms with E-state index >= 15 is 0 Å². The molecular weight excluding hydrogens is 648 g/mol. The van der Waals surface area contributed by atoms with E-state index in [0.29, 0.717) is 23.0 Å². The van der Waals surface area contributed by atoms with Crippen LogP contribution in [-0.4, -0.2) is 50.9 Å². The molecule has 9 heteroatoms. The van der Waals surface area contributed by atoms with Crippen LogP contribution in [0.2, 0.25) is 0 Å². The van der Waals surface area contributed by atoms with E-state index in [2.05, 4.69) is 13.8 Å². The highest BCUT2D eigenvalue weighted by atomic mass is 16.5. The first-order valence-corrected chi connectivity index (χ1v) is 17.4. The van der Waals surface area contributed by atoms with Crippen LogP contribution in [0.3, 0.4) is 0 Å². The molecule has 0 amide bonds. The summed E-state index contributed by atoms with van der Waals surface area (Å²) < 4.78 is 41.5. The minimum atomic E-state index is -0.849. The Labute approximate surface area is 302 Å². The van der Waals surface area contributed by atoms with Crippen molar-refractivity contribution in [3.63, 3.8) is 0 Å². The topological polar surface area (TPSA) is 105 Å². The maximum atomic E-state index is 11.1. The molecule has 5 rings (SSSR count). The van der Waals surface area contributed by atoms with E-state index < -0.39 is 24.4 Å². The fourth-order valence-electron chi connectivity index (χ4n) is 6.88. The largest absolute Gasteiger partial charge is 0.496 e. The Morgan fingerprint density at radius 2 is 0.863 bits per heavy atom. The van der Waals surface area contributed by atoms with Crippen LogP contribution < -0.4 is 28.4 Å². The molecule has 4 aromatic rings. The van der Waals surface area contributed by atoms with Gasteiger partial charge in [0.15, 0.2) is 23.0 Å². The smallest absolute Gasteiger partial charge is 0.161 e. The van der Waals surface area contributed by atoms with E-state index in [1.54, 1.807) is 28.4 Å². The van der Waals surface area contributed by atoms with Gasteiger partial charge in [0, 0.05) is 0 Å². The Morgan fingerprint density at radius 3 is 1.20 bits per heavy atom. The van der Waals surface area contributed by atoms with Gasteiger partial charge in [-0.1, -0.05) is 38.1 Å². The van der Waals surface area contributed by atoms with Crippen LogP contribution in [0.1, 0.15) is 85.5 Å². The molecule has 0 radical (unpaired) electrons. The lowest BCUT2D eigenvalue weighted by molar-refractivity contribution is 0.0281. The monoisotopic (exact) mass is 700 g/mol. The zero-order valence-corrected chi connectivity index (χ0v) is 31.3. The number of methoxy groups -OCH3 is 4. The number of ether oxygens (including phenoxy) is 7. The van der Waals surface area contributed by atoms with Crippen LogP contribution in [0.5, 0.6) is 34.5 Å². The van der Waals surface area contributed by atoms with Crippen molar-refractivity contribution in [1.82, 2.24) is 0 Å². The summed E-state index contributed by atoms with van der Waals surface area (Å²) in [5.74, 6) is 4.12. The summed E-state index contributed by atoms with van der Waals surface area (Å²) in [5, 5.41) is 22.1. The molecule has 4 aromatic carbocycles. The summed E-state index contributed by atoms with van der Waals surface area (Å²) >= 11 is 0. The van der Waals surface area contributed by atoms with Crippen molar-refractivity contribution in [2.45, 2.75) is 78.2 Å². The quantitative estimate of drug-likeness (QED) is 0.134. The summed E-state index contributed by atoms with van der Waals surface area (Å²) in [5.41, 5.74) is 5.32. The van der Waals surface area contributed by atoms with Gasteiger partial charge in [-0.25, -0.2) is 0 Å². The lowest BCUT2D eigenvalue weighted by Gasteiger charge is -2.24. The third kappa shape index (κ3) is 8.06. The zero-order valence-electron chi connectivity index (χ0n) is 31.3. The first-order chi connectivity index (χ1) is 24.4. The maximum absolute atomic E-state index is 11.1. The van der Waals surface area contributed by atoms with Gasteiger partial charge in [0.1, 0.15) is 35.9 Å². The third-order valence-electron chi connectivity index (χ3n) is 10.1. The van der Waals surface area contributed by atoms with Crippen molar-refractivity contribution in [2.24, 2.45) is 11.8 Å². The summed E-state index contributed by atoms with van der Waals surface area (Å²) in [6.07, 6.45) is -3.16. The van der Waals surface area contributed by atoms with Gasteiger partial charge in [-0.05, 0) is 121 Å². The van der Waals surface area contributed by atoms with Gasteiger partial charge in [-0.2, -0.15) is 0 Å². The van der Waals surface area contributed by atoms with E-state index in [0.717, 1.165) is 44.9 Å². The molecule has 1 fully saturated rings. The average Bonchev–Trinajstić information content (AvgIpc) is 3.44. The lowest BCUT2D eigenvalue weighted by Crippen LogP contribution is -2.22. The van der Waals surface area contributed by atoms with E-state index in [4.69, 9.17) is 33.2 Å². The van der Waals surface area contributed by atoms with Crippen molar-refractivity contribution in [1.29, 1.82) is 0 Å². The van der Waals surface area contributed by atoms with Crippen molar-refractivity contribution in [2.75, 3.05) is 28.4 Å². The van der Waals surface area contributed by atoms with Crippen LogP contribution in [0.4, 0.5) is 0 Å². The van der Waals surface area contributed by atoms with Gasteiger partial charge in [0.2, 0.25) is 0 Å². The van der Waals surface area contributed by atoms with Crippen LogP contribution in [0, 0.1) is 25.7 Å². The SMILES string of the molecule is COc1ccc(C(O)C(C)Oc2ccc(C3OC(c4ccc(OC(C)C(O)c5ccc(OC)c(C)c5)c(OC)c4)C(C)C3C)cc2OC)cc1C. The van der Waals surface area contributed by atoms with Gasteiger partial charge < -0.3 is 43.4 Å². The number of aryl methyl sites for hydroxylation is 2. The van der Waals surface area contributed by atoms with E-state index in [9.17, 15) is 10.2 Å². The van der Waals surface area contributed by atoms with Gasteiger partial charge in [0.05, 0.1) is 40.6 Å². The molecule has 1 heterocycles. The second kappa shape index (κ2) is 16.3. The van der Waals surface area contributed by atoms with Gasteiger partial charge in [-0.3, -0.25) is 0 Å². The molecule has 1 saturated heterocycles. The predicted octanol–water partition coefficient (Wildman–Crippen LogP) is 8.42. The number of hydrogen-bond acceptors (Lipinski definition) is 9. The molecule has 0 aliphatic carbocycles. The van der Waals surface area contributed by atoms with Crippen LogP contribution in [-0.2, 0) is 4.74 Å². The molecule has 0 saturated carbocycles. The minimum absolute atomic E-state index is 0.190. The van der Waals surface area contributed by atoms with Crippen LogP contribution >= 0.6 is 0 Å². The highest BCUT2D eigenvalue weighted by Crippen LogP contribution is 2.51. The molecule has 0 aromatic heterocycles. The second-order valence-electron chi connectivity index (χ2n) is 13.5. The maximum Gasteiger partial charge on any atom is 0.161 e. The molecule has 8 unspecified atom stereocenters. The Kier molecular flexibility index (Phi) is 12.1. The number of benzene rings is 4. The summed E-state index contributed by atoms with van der Waals surface area (Å²) in [7, 11) is 6.48. The highest BCUT2D eigenvalue weighted by molar-refractivity contribution is 5.46. The van der Waals surface area contributed by atoms with Gasteiger partial charge in [-0.15, -0.1) is 0 Å². The molecular formula is C42H52O9. The van der Waals surface area contributed by atoms with Gasteiger partial charge in [0.25, 0.3) is 0 Å². The average molecular weight is 701 g/mol. The van der Waals surface area contributed by atoms with Crippen molar-refractivity contribution >= 4 is 0 Å². The lowest BCUT2D eigenvalue weighted by atomic mass is 9.85. The van der Waals surface area contributed by atoms with Crippen molar-refractivity contribution < 1.29 is 43.4 Å². The van der Waals surface area contributed by atoms with E-state index in [-0.39, 0.29) is 24.0 Å². The predicted molar refractivity (Wildman–Crippen MR) is 196 cm³/mol. The van der Waals surface area contributed by atoms with Crippen molar-refractivity contribution in [3.05, 3.63) is 106 Å². The number of aliphatic hydroxyl groups excluding tert-OH is 2. The first-order valence-electron chi connectivity index (χ1n) is 17.4. The molecule has 8 atom stereocenters. The first kappa shape index (κ1) is 37.8. The number of hydrogen-bond donors (Lipinski definition) is 2. The fourth-order valence-corrected chi connectivity index (χ4v) is 6.88. The fraction of sp³-hybridized carbons (Fsp3) is 0.429. The Morgan fingerprint density at radius 1 is 0.510 bits per heavy atom. The minimum Gasteiger partial charge on any atom is -0.496 e. The Balaban J connectivity index is 1.28. The molecule has 9 nitrogen and oxygen atoms in total. The zero-order chi connectivity index (χ0) is 37.0. The summed E-state index contributed by atoms with van der Waals surface area (Å²) in [6, 6.07) is 22.9. The van der Waals surface area contributed by atoms with E-state index in [1.165, 1.54) is 0 Å². The molecule has 0 bridgehead atoms.